The van der Waals surface area contributed by atoms with Gasteiger partial charge in [-0.3, -0.25) is 20.2 Å². The van der Waals surface area contributed by atoms with Gasteiger partial charge in [-0.05, 0) is 11.4 Å². The van der Waals surface area contributed by atoms with Crippen LogP contribution in [0, 0.1) is 20.2 Å². The summed E-state index contributed by atoms with van der Waals surface area (Å²) in [5.74, 6) is 0. The molecule has 0 aliphatic rings. The number of hydrogen-bond donors (Lipinski definition) is 0. The van der Waals surface area contributed by atoms with Gasteiger partial charge in [-0.2, -0.15) is 0 Å². The smallest absolute Gasteiger partial charge is 0.258 e. The lowest BCUT2D eigenvalue weighted by Gasteiger charge is -1.90. The molecule has 2 aromatic rings. The summed E-state index contributed by atoms with van der Waals surface area (Å²) in [5, 5.41) is 24.1. The van der Waals surface area contributed by atoms with Gasteiger partial charge in [-0.15, -0.1) is 11.3 Å². The van der Waals surface area contributed by atoms with Crippen molar-refractivity contribution >= 4 is 33.4 Å². The Morgan fingerprint density at radius 3 is 2.44 bits per heavy atom. The molecule has 0 N–H and O–H groups in total. The molecule has 0 amide bonds. The second-order valence-electron chi connectivity index (χ2n) is 2.82. The van der Waals surface area contributed by atoms with Crippen molar-refractivity contribution in [3.05, 3.63) is 43.1 Å². The zero-order valence-electron chi connectivity index (χ0n) is 7.65. The first kappa shape index (κ1) is 10.7. The SMILES string of the molecule is O=[N+]([O-])c1csc(-c2ccsc2[N+](=O)[O-])c1. The Morgan fingerprint density at radius 2 is 1.88 bits per heavy atom. The Labute approximate surface area is 97.1 Å². The van der Waals surface area contributed by atoms with Crippen LogP contribution in [0.2, 0.25) is 0 Å². The first-order valence-corrected chi connectivity index (χ1v) is 5.80. The van der Waals surface area contributed by atoms with Crippen molar-refractivity contribution < 1.29 is 9.85 Å². The van der Waals surface area contributed by atoms with E-state index >= 15 is 0 Å². The molecule has 0 aliphatic heterocycles. The average Bonchev–Trinajstić information content (AvgIpc) is 2.86. The second kappa shape index (κ2) is 3.99. The molecule has 0 saturated heterocycles. The molecule has 82 valence electrons. The highest BCUT2D eigenvalue weighted by molar-refractivity contribution is 7.16. The molecule has 6 nitrogen and oxygen atoms in total. The standard InChI is InChI=1S/C8H4N2O4S2/c11-9(12)5-3-7(16-4-5)6-1-2-15-8(6)10(13)14/h1-4H. The van der Waals surface area contributed by atoms with Crippen LogP contribution in [0.3, 0.4) is 0 Å². The lowest BCUT2D eigenvalue weighted by atomic mass is 10.2. The summed E-state index contributed by atoms with van der Waals surface area (Å²) in [4.78, 5) is 20.7. The fraction of sp³-hybridized carbons (Fsp3) is 0. The van der Waals surface area contributed by atoms with Gasteiger partial charge in [0.2, 0.25) is 0 Å². The highest BCUT2D eigenvalue weighted by atomic mass is 32.1. The molecule has 0 spiro atoms. The molecule has 0 unspecified atom stereocenters. The van der Waals surface area contributed by atoms with E-state index in [0.29, 0.717) is 10.4 Å². The highest BCUT2D eigenvalue weighted by Crippen LogP contribution is 2.39. The molecule has 0 radical (unpaired) electrons. The lowest BCUT2D eigenvalue weighted by Crippen LogP contribution is -1.85. The van der Waals surface area contributed by atoms with Gasteiger partial charge in [-0.1, -0.05) is 11.3 Å². The van der Waals surface area contributed by atoms with Crippen molar-refractivity contribution in [1.29, 1.82) is 0 Å². The Hall–Kier alpha value is -1.80. The van der Waals surface area contributed by atoms with Gasteiger partial charge < -0.3 is 0 Å². The summed E-state index contributed by atoms with van der Waals surface area (Å²) in [7, 11) is 0. The van der Waals surface area contributed by atoms with Gasteiger partial charge in [0.1, 0.15) is 0 Å². The molecule has 2 heterocycles. The Kier molecular flexibility index (Phi) is 2.67. The van der Waals surface area contributed by atoms with Crippen LogP contribution in [0.1, 0.15) is 0 Å². The van der Waals surface area contributed by atoms with Crippen LogP contribution in [0.5, 0.6) is 0 Å². The van der Waals surface area contributed by atoms with Crippen LogP contribution >= 0.6 is 22.7 Å². The van der Waals surface area contributed by atoms with Gasteiger partial charge in [-0.25, -0.2) is 0 Å². The quantitative estimate of drug-likeness (QED) is 0.622. The van der Waals surface area contributed by atoms with E-state index in [9.17, 15) is 20.2 Å². The minimum atomic E-state index is -0.516. The van der Waals surface area contributed by atoms with Crippen molar-refractivity contribution in [2.75, 3.05) is 0 Å². The van der Waals surface area contributed by atoms with E-state index in [0.717, 1.165) is 22.7 Å². The summed E-state index contributed by atoms with van der Waals surface area (Å²) >= 11 is 2.14. The van der Waals surface area contributed by atoms with E-state index in [1.807, 2.05) is 0 Å². The predicted octanol–water partition coefficient (Wildman–Crippen LogP) is 3.29. The topological polar surface area (TPSA) is 86.3 Å². The molecule has 0 aliphatic carbocycles. The van der Waals surface area contributed by atoms with Gasteiger partial charge in [0, 0.05) is 10.9 Å². The molecule has 8 heteroatoms. The minimum Gasteiger partial charge on any atom is -0.258 e. The van der Waals surface area contributed by atoms with Crippen molar-refractivity contribution in [3.63, 3.8) is 0 Å². The van der Waals surface area contributed by atoms with E-state index in [4.69, 9.17) is 0 Å². The maximum Gasteiger partial charge on any atom is 0.332 e. The summed E-state index contributed by atoms with van der Waals surface area (Å²) in [5.41, 5.74) is 0.397. The monoisotopic (exact) mass is 256 g/mol. The van der Waals surface area contributed by atoms with E-state index in [2.05, 4.69) is 0 Å². The van der Waals surface area contributed by atoms with Gasteiger partial charge >= 0.3 is 5.00 Å². The minimum absolute atomic E-state index is 0.0109. The number of thiophene rings is 2. The van der Waals surface area contributed by atoms with Crippen molar-refractivity contribution in [3.8, 4) is 10.4 Å². The van der Waals surface area contributed by atoms with Crippen LogP contribution in [0.25, 0.3) is 10.4 Å². The lowest BCUT2D eigenvalue weighted by molar-refractivity contribution is -0.384. The van der Waals surface area contributed by atoms with Crippen molar-refractivity contribution in [2.24, 2.45) is 0 Å². The third-order valence-electron chi connectivity index (χ3n) is 1.87. The normalized spacial score (nSPS) is 10.2. The van der Waals surface area contributed by atoms with Crippen molar-refractivity contribution in [1.82, 2.24) is 0 Å². The number of nitro groups is 2. The molecular formula is C8H4N2O4S2. The Balaban J connectivity index is 2.46. The van der Waals surface area contributed by atoms with Crippen molar-refractivity contribution in [2.45, 2.75) is 0 Å². The van der Waals surface area contributed by atoms with Crippen LogP contribution < -0.4 is 0 Å². The number of rotatable bonds is 3. The molecular weight excluding hydrogens is 252 g/mol. The summed E-state index contributed by atoms with van der Waals surface area (Å²) in [6.07, 6.45) is 0. The van der Waals surface area contributed by atoms with Gasteiger partial charge in [0.25, 0.3) is 5.69 Å². The third kappa shape index (κ3) is 1.79. The molecule has 0 atom stereocenters. The zero-order chi connectivity index (χ0) is 11.7. The molecule has 0 bridgehead atoms. The Bertz CT molecular complexity index is 560. The van der Waals surface area contributed by atoms with Crippen LogP contribution in [0.4, 0.5) is 10.7 Å². The maximum atomic E-state index is 10.7. The van der Waals surface area contributed by atoms with E-state index in [-0.39, 0.29) is 10.7 Å². The first-order chi connectivity index (χ1) is 7.59. The molecule has 16 heavy (non-hydrogen) atoms. The summed E-state index contributed by atoms with van der Waals surface area (Å²) in [6.45, 7) is 0. The summed E-state index contributed by atoms with van der Waals surface area (Å²) in [6, 6.07) is 2.94. The van der Waals surface area contributed by atoms with Gasteiger partial charge in [0.05, 0.1) is 20.8 Å². The van der Waals surface area contributed by atoms with Gasteiger partial charge in [0.15, 0.2) is 0 Å². The molecule has 0 aromatic carbocycles. The van der Waals surface area contributed by atoms with E-state index in [1.165, 1.54) is 11.4 Å². The molecule has 0 fully saturated rings. The molecule has 0 saturated carbocycles. The molecule has 2 rings (SSSR count). The predicted molar refractivity (Wildman–Crippen MR) is 60.9 cm³/mol. The van der Waals surface area contributed by atoms with E-state index in [1.54, 1.807) is 11.4 Å². The van der Waals surface area contributed by atoms with E-state index < -0.39 is 9.85 Å². The number of nitrogens with zero attached hydrogens (tertiary/aromatic N) is 2. The van der Waals surface area contributed by atoms with Crippen LogP contribution in [-0.4, -0.2) is 9.85 Å². The van der Waals surface area contributed by atoms with Crippen LogP contribution in [0.15, 0.2) is 22.9 Å². The fourth-order valence-corrected chi connectivity index (χ4v) is 2.86. The fourth-order valence-electron chi connectivity index (χ4n) is 1.19. The van der Waals surface area contributed by atoms with Crippen LogP contribution in [-0.2, 0) is 0 Å². The molecule has 2 aromatic heterocycles. The Morgan fingerprint density at radius 1 is 1.12 bits per heavy atom. The largest absolute Gasteiger partial charge is 0.332 e. The first-order valence-electron chi connectivity index (χ1n) is 4.05. The maximum absolute atomic E-state index is 10.7. The number of hydrogen-bond acceptors (Lipinski definition) is 6. The third-order valence-corrected chi connectivity index (χ3v) is 3.69. The second-order valence-corrected chi connectivity index (χ2v) is 4.63. The zero-order valence-corrected chi connectivity index (χ0v) is 9.29. The summed E-state index contributed by atoms with van der Waals surface area (Å²) < 4.78 is 0. The average molecular weight is 256 g/mol. The highest BCUT2D eigenvalue weighted by Gasteiger charge is 2.20.